The largest absolute Gasteiger partial charge is 0.486 e. The Morgan fingerprint density at radius 1 is 1.21 bits per heavy atom. The number of halogens is 1. The second-order valence-corrected chi connectivity index (χ2v) is 7.91. The molecule has 2 aromatic carbocycles. The van der Waals surface area contributed by atoms with Crippen LogP contribution in [0.2, 0.25) is 5.02 Å². The SMILES string of the molecule is CC[C@H](C)N(Cc1csc(COc2cccc(Cl)c2)n1)C(=O)c1ccccc1. The number of nitrogens with zero attached hydrogens (tertiary/aromatic N) is 2. The predicted octanol–water partition coefficient (Wildman–Crippen LogP) is 5.82. The van der Waals surface area contributed by atoms with Crippen LogP contribution in [-0.4, -0.2) is 21.8 Å². The first-order valence-corrected chi connectivity index (χ1v) is 10.5. The van der Waals surface area contributed by atoms with Crippen molar-refractivity contribution in [3.05, 3.63) is 81.3 Å². The third-order valence-electron chi connectivity index (χ3n) is 4.49. The fourth-order valence-electron chi connectivity index (χ4n) is 2.76. The zero-order valence-electron chi connectivity index (χ0n) is 16.0. The van der Waals surface area contributed by atoms with Crippen molar-refractivity contribution in [2.45, 2.75) is 39.5 Å². The van der Waals surface area contributed by atoms with Crippen LogP contribution >= 0.6 is 22.9 Å². The normalized spacial score (nSPS) is 11.8. The topological polar surface area (TPSA) is 42.4 Å². The van der Waals surface area contributed by atoms with Crippen LogP contribution in [0, 0.1) is 0 Å². The van der Waals surface area contributed by atoms with Crippen LogP contribution in [0.25, 0.3) is 0 Å². The summed E-state index contributed by atoms with van der Waals surface area (Å²) < 4.78 is 5.76. The minimum atomic E-state index is 0.0275. The lowest BCUT2D eigenvalue weighted by molar-refractivity contribution is 0.0669. The van der Waals surface area contributed by atoms with Gasteiger partial charge < -0.3 is 9.64 Å². The number of thiazole rings is 1. The fourth-order valence-corrected chi connectivity index (χ4v) is 3.64. The Morgan fingerprint density at radius 2 is 2.00 bits per heavy atom. The smallest absolute Gasteiger partial charge is 0.254 e. The molecule has 3 rings (SSSR count). The van der Waals surface area contributed by atoms with Gasteiger partial charge in [-0.1, -0.05) is 42.8 Å². The summed E-state index contributed by atoms with van der Waals surface area (Å²) in [5.41, 5.74) is 1.57. The molecule has 4 nitrogen and oxygen atoms in total. The Labute approximate surface area is 174 Å². The molecule has 0 radical (unpaired) electrons. The molecule has 1 heterocycles. The first-order valence-electron chi connectivity index (χ1n) is 9.24. The second kappa shape index (κ2) is 9.71. The second-order valence-electron chi connectivity index (χ2n) is 6.53. The summed E-state index contributed by atoms with van der Waals surface area (Å²) in [5.74, 6) is 0.740. The Balaban J connectivity index is 1.67. The number of benzene rings is 2. The van der Waals surface area contributed by atoms with Crippen molar-refractivity contribution in [3.8, 4) is 5.75 Å². The summed E-state index contributed by atoms with van der Waals surface area (Å²) in [6, 6.07) is 16.8. The van der Waals surface area contributed by atoms with Gasteiger partial charge in [0, 0.05) is 22.0 Å². The molecule has 0 aliphatic rings. The molecule has 0 unspecified atom stereocenters. The minimum Gasteiger partial charge on any atom is -0.486 e. The van der Waals surface area contributed by atoms with E-state index >= 15 is 0 Å². The predicted molar refractivity (Wildman–Crippen MR) is 114 cm³/mol. The zero-order chi connectivity index (χ0) is 19.9. The molecule has 1 aromatic heterocycles. The van der Waals surface area contributed by atoms with Gasteiger partial charge in [0.15, 0.2) is 0 Å². The maximum atomic E-state index is 13.0. The number of ether oxygens (including phenoxy) is 1. The van der Waals surface area contributed by atoms with Crippen LogP contribution in [0.1, 0.15) is 41.3 Å². The molecule has 28 heavy (non-hydrogen) atoms. The molecule has 6 heteroatoms. The van der Waals surface area contributed by atoms with Crippen molar-refractivity contribution >= 4 is 28.8 Å². The highest BCUT2D eigenvalue weighted by Crippen LogP contribution is 2.21. The summed E-state index contributed by atoms with van der Waals surface area (Å²) in [6.07, 6.45) is 0.882. The molecular formula is C22H23ClN2O2S. The molecule has 0 spiro atoms. The van der Waals surface area contributed by atoms with E-state index < -0.39 is 0 Å². The molecule has 0 saturated heterocycles. The van der Waals surface area contributed by atoms with Gasteiger partial charge >= 0.3 is 0 Å². The lowest BCUT2D eigenvalue weighted by Gasteiger charge is -2.28. The van der Waals surface area contributed by atoms with E-state index in [1.807, 2.05) is 58.8 Å². The highest BCUT2D eigenvalue weighted by Gasteiger charge is 2.21. The maximum absolute atomic E-state index is 13.0. The Kier molecular flexibility index (Phi) is 7.06. The van der Waals surface area contributed by atoms with Crippen molar-refractivity contribution in [2.75, 3.05) is 0 Å². The third-order valence-corrected chi connectivity index (χ3v) is 5.60. The molecule has 0 fully saturated rings. The Bertz CT molecular complexity index is 914. The number of hydrogen-bond donors (Lipinski definition) is 0. The van der Waals surface area contributed by atoms with Gasteiger partial charge in [-0.3, -0.25) is 4.79 Å². The van der Waals surface area contributed by atoms with Gasteiger partial charge in [0.05, 0.1) is 12.2 Å². The minimum absolute atomic E-state index is 0.0275. The highest BCUT2D eigenvalue weighted by atomic mass is 35.5. The van der Waals surface area contributed by atoms with Gasteiger partial charge in [0.1, 0.15) is 17.4 Å². The Hall–Kier alpha value is -2.37. The van der Waals surface area contributed by atoms with E-state index in [1.165, 1.54) is 11.3 Å². The van der Waals surface area contributed by atoms with E-state index in [2.05, 4.69) is 18.8 Å². The summed E-state index contributed by atoms with van der Waals surface area (Å²) in [4.78, 5) is 19.5. The van der Waals surface area contributed by atoms with Crippen molar-refractivity contribution in [3.63, 3.8) is 0 Å². The van der Waals surface area contributed by atoms with Crippen molar-refractivity contribution in [1.29, 1.82) is 0 Å². The van der Waals surface area contributed by atoms with Gasteiger partial charge in [-0.2, -0.15) is 0 Å². The summed E-state index contributed by atoms with van der Waals surface area (Å²) >= 11 is 7.52. The number of carbonyl (C=O) groups is 1. The molecule has 1 atom stereocenters. The number of hydrogen-bond acceptors (Lipinski definition) is 4. The van der Waals surface area contributed by atoms with E-state index in [0.717, 1.165) is 17.1 Å². The first-order chi connectivity index (χ1) is 13.6. The fraction of sp³-hybridized carbons (Fsp3) is 0.273. The number of carbonyl (C=O) groups excluding carboxylic acids is 1. The molecule has 0 aliphatic heterocycles. The van der Waals surface area contributed by atoms with Crippen molar-refractivity contribution in [2.24, 2.45) is 0 Å². The molecule has 0 N–H and O–H groups in total. The van der Waals surface area contributed by atoms with Gasteiger partial charge in [0.25, 0.3) is 5.91 Å². The van der Waals surface area contributed by atoms with Crippen LogP contribution in [0.15, 0.2) is 60.0 Å². The monoisotopic (exact) mass is 414 g/mol. The summed E-state index contributed by atoms with van der Waals surface area (Å²) in [5, 5.41) is 3.50. The Morgan fingerprint density at radius 3 is 2.71 bits per heavy atom. The van der Waals surface area contributed by atoms with Crippen LogP contribution in [0.5, 0.6) is 5.75 Å². The van der Waals surface area contributed by atoms with E-state index in [4.69, 9.17) is 16.3 Å². The molecule has 3 aromatic rings. The van der Waals surface area contributed by atoms with Gasteiger partial charge in [-0.15, -0.1) is 11.3 Å². The average molecular weight is 415 g/mol. The van der Waals surface area contributed by atoms with Crippen molar-refractivity contribution < 1.29 is 9.53 Å². The van der Waals surface area contributed by atoms with E-state index in [-0.39, 0.29) is 11.9 Å². The number of rotatable bonds is 8. The number of amides is 1. The van der Waals surface area contributed by atoms with Gasteiger partial charge in [-0.25, -0.2) is 4.98 Å². The van der Waals surface area contributed by atoms with E-state index in [9.17, 15) is 4.79 Å². The first kappa shape index (κ1) is 20.4. The summed E-state index contributed by atoms with van der Waals surface area (Å²) in [6.45, 7) is 5.01. The van der Waals surface area contributed by atoms with Crippen molar-refractivity contribution in [1.82, 2.24) is 9.88 Å². The zero-order valence-corrected chi connectivity index (χ0v) is 17.5. The number of aromatic nitrogens is 1. The van der Waals surface area contributed by atoms with Gasteiger partial charge in [-0.05, 0) is 43.7 Å². The highest BCUT2D eigenvalue weighted by molar-refractivity contribution is 7.09. The molecule has 1 amide bonds. The van der Waals surface area contributed by atoms with Crippen LogP contribution in [0.3, 0.4) is 0 Å². The average Bonchev–Trinajstić information content (AvgIpc) is 3.18. The molecule has 0 bridgehead atoms. The van der Waals surface area contributed by atoms with Gasteiger partial charge in [0.2, 0.25) is 0 Å². The van der Waals surface area contributed by atoms with Crippen LogP contribution in [-0.2, 0) is 13.2 Å². The standard InChI is InChI=1S/C22H23ClN2O2S/c1-3-16(2)25(22(26)17-8-5-4-6-9-17)13-19-15-28-21(24-19)14-27-20-11-7-10-18(23)12-20/h4-12,15-16H,3,13-14H2,1-2H3/t16-/m0/s1. The third kappa shape index (κ3) is 5.33. The quantitative estimate of drug-likeness (QED) is 0.466. The van der Waals surface area contributed by atoms with E-state index in [1.54, 1.807) is 6.07 Å². The lowest BCUT2D eigenvalue weighted by Crippen LogP contribution is -2.37. The maximum Gasteiger partial charge on any atom is 0.254 e. The van der Waals surface area contributed by atoms with Crippen LogP contribution < -0.4 is 4.74 Å². The van der Waals surface area contributed by atoms with E-state index in [0.29, 0.717) is 29.5 Å². The molecule has 0 saturated carbocycles. The molecule has 0 aliphatic carbocycles. The lowest BCUT2D eigenvalue weighted by atomic mass is 10.1. The summed E-state index contributed by atoms with van der Waals surface area (Å²) in [7, 11) is 0. The molecule has 146 valence electrons. The van der Waals surface area contributed by atoms with Crippen LogP contribution in [0.4, 0.5) is 0 Å². The molecular weight excluding hydrogens is 392 g/mol.